The number of carbonyl (C=O) groups excluding carboxylic acids is 1. The number of esters is 1. The molecule has 4 N–H and O–H groups in total. The summed E-state index contributed by atoms with van der Waals surface area (Å²) < 4.78 is 4.79. The smallest absolute Gasteiger partial charge is 0.355 e. The summed E-state index contributed by atoms with van der Waals surface area (Å²) in [4.78, 5) is 15.0. The standard InChI is InChI=1S/C18H15NO5/c1-24-18(23)17-15(11-6-13(21)8-14(22)7-11)9-16(19-17)10-2-4-12(20)5-3-10/h2-9,19-22H,1H3. The van der Waals surface area contributed by atoms with E-state index in [2.05, 4.69) is 4.98 Å². The van der Waals surface area contributed by atoms with Gasteiger partial charge in [-0.05, 0) is 53.6 Å². The van der Waals surface area contributed by atoms with Crippen molar-refractivity contribution in [3.63, 3.8) is 0 Å². The minimum atomic E-state index is -0.571. The van der Waals surface area contributed by atoms with E-state index in [1.807, 2.05) is 0 Å². The number of H-pyrrole nitrogens is 1. The lowest BCUT2D eigenvalue weighted by atomic mass is 10.0. The highest BCUT2D eigenvalue weighted by molar-refractivity contribution is 5.97. The Balaban J connectivity index is 2.17. The van der Waals surface area contributed by atoms with Gasteiger partial charge in [-0.2, -0.15) is 0 Å². The Kier molecular flexibility index (Phi) is 3.87. The highest BCUT2D eigenvalue weighted by Gasteiger charge is 2.19. The average molecular weight is 325 g/mol. The third-order valence-corrected chi connectivity index (χ3v) is 3.60. The first kappa shape index (κ1) is 15.5. The summed E-state index contributed by atoms with van der Waals surface area (Å²) in [6, 6.07) is 12.3. The number of hydrogen-bond acceptors (Lipinski definition) is 5. The number of rotatable bonds is 3. The van der Waals surface area contributed by atoms with Crippen LogP contribution >= 0.6 is 0 Å². The molecule has 1 heterocycles. The van der Waals surface area contributed by atoms with Crippen LogP contribution in [0.1, 0.15) is 10.5 Å². The van der Waals surface area contributed by atoms with Crippen LogP contribution in [0.15, 0.2) is 48.5 Å². The summed E-state index contributed by atoms with van der Waals surface area (Å²) in [5.41, 5.74) is 2.54. The molecule has 3 rings (SSSR count). The Bertz CT molecular complexity index is 876. The molecule has 0 unspecified atom stereocenters. The number of methoxy groups -OCH3 is 1. The monoisotopic (exact) mass is 325 g/mol. The van der Waals surface area contributed by atoms with Gasteiger partial charge in [0.2, 0.25) is 0 Å². The molecule has 122 valence electrons. The zero-order valence-electron chi connectivity index (χ0n) is 12.8. The van der Waals surface area contributed by atoms with Crippen molar-refractivity contribution in [3.8, 4) is 39.6 Å². The van der Waals surface area contributed by atoms with Crippen LogP contribution in [0.5, 0.6) is 17.2 Å². The molecule has 2 aromatic carbocycles. The topological polar surface area (TPSA) is 103 Å². The van der Waals surface area contributed by atoms with E-state index in [9.17, 15) is 20.1 Å². The van der Waals surface area contributed by atoms with E-state index in [1.54, 1.807) is 18.2 Å². The summed E-state index contributed by atoms with van der Waals surface area (Å²) in [5.74, 6) is -0.670. The minimum absolute atomic E-state index is 0.117. The first-order valence-corrected chi connectivity index (χ1v) is 7.12. The molecule has 0 aliphatic heterocycles. The molecule has 0 bridgehead atoms. The Morgan fingerprint density at radius 1 is 0.875 bits per heavy atom. The van der Waals surface area contributed by atoms with Crippen LogP contribution in [0.4, 0.5) is 0 Å². The lowest BCUT2D eigenvalue weighted by molar-refractivity contribution is 0.0596. The number of aromatic amines is 1. The van der Waals surface area contributed by atoms with E-state index in [4.69, 9.17) is 4.74 Å². The van der Waals surface area contributed by atoms with Crippen LogP contribution in [0.25, 0.3) is 22.4 Å². The van der Waals surface area contributed by atoms with Gasteiger partial charge in [0.1, 0.15) is 22.9 Å². The van der Waals surface area contributed by atoms with Crippen molar-refractivity contribution in [1.82, 2.24) is 4.98 Å². The molecule has 0 fully saturated rings. The molecule has 24 heavy (non-hydrogen) atoms. The second-order valence-corrected chi connectivity index (χ2v) is 5.25. The van der Waals surface area contributed by atoms with Crippen molar-refractivity contribution in [2.75, 3.05) is 7.11 Å². The predicted octanol–water partition coefficient (Wildman–Crippen LogP) is 3.25. The third-order valence-electron chi connectivity index (χ3n) is 3.60. The van der Waals surface area contributed by atoms with E-state index >= 15 is 0 Å². The first-order valence-electron chi connectivity index (χ1n) is 7.12. The van der Waals surface area contributed by atoms with Crippen molar-refractivity contribution in [2.24, 2.45) is 0 Å². The number of aromatic nitrogens is 1. The van der Waals surface area contributed by atoms with Gasteiger partial charge in [-0.3, -0.25) is 0 Å². The van der Waals surface area contributed by atoms with Crippen molar-refractivity contribution >= 4 is 5.97 Å². The molecule has 0 spiro atoms. The molecule has 0 aliphatic carbocycles. The number of aromatic hydroxyl groups is 3. The molecule has 0 aliphatic rings. The number of phenols is 3. The third kappa shape index (κ3) is 2.89. The maximum Gasteiger partial charge on any atom is 0.355 e. The zero-order valence-corrected chi connectivity index (χ0v) is 12.8. The van der Waals surface area contributed by atoms with E-state index in [0.29, 0.717) is 16.8 Å². The predicted molar refractivity (Wildman–Crippen MR) is 88.0 cm³/mol. The normalized spacial score (nSPS) is 10.5. The Morgan fingerprint density at radius 3 is 2.08 bits per heavy atom. The minimum Gasteiger partial charge on any atom is -0.508 e. The summed E-state index contributed by atoms with van der Waals surface area (Å²) in [6.45, 7) is 0. The van der Waals surface area contributed by atoms with Gasteiger partial charge < -0.3 is 25.0 Å². The number of carbonyl (C=O) groups is 1. The summed E-state index contributed by atoms with van der Waals surface area (Å²) >= 11 is 0. The highest BCUT2D eigenvalue weighted by atomic mass is 16.5. The lowest BCUT2D eigenvalue weighted by Gasteiger charge is -2.04. The second kappa shape index (κ2) is 6.00. The van der Waals surface area contributed by atoms with Crippen LogP contribution in [-0.4, -0.2) is 33.4 Å². The maximum absolute atomic E-state index is 12.1. The van der Waals surface area contributed by atoms with Crippen LogP contribution < -0.4 is 0 Å². The van der Waals surface area contributed by atoms with Gasteiger partial charge in [-0.15, -0.1) is 0 Å². The molecule has 0 amide bonds. The van der Waals surface area contributed by atoms with Gasteiger partial charge in [0, 0.05) is 17.3 Å². The molecule has 1 aromatic heterocycles. The number of phenolic OH excluding ortho intramolecular Hbond substituents is 3. The van der Waals surface area contributed by atoms with Crippen LogP contribution in [0.3, 0.4) is 0 Å². The molecule has 0 atom stereocenters. The van der Waals surface area contributed by atoms with Crippen LogP contribution in [-0.2, 0) is 4.74 Å². The van der Waals surface area contributed by atoms with Gasteiger partial charge in [0.15, 0.2) is 0 Å². The van der Waals surface area contributed by atoms with E-state index in [-0.39, 0.29) is 22.9 Å². The second-order valence-electron chi connectivity index (χ2n) is 5.25. The van der Waals surface area contributed by atoms with E-state index < -0.39 is 5.97 Å². The number of ether oxygens (including phenoxy) is 1. The molecular weight excluding hydrogens is 310 g/mol. The molecule has 0 saturated carbocycles. The largest absolute Gasteiger partial charge is 0.508 e. The van der Waals surface area contributed by atoms with Crippen molar-refractivity contribution in [1.29, 1.82) is 0 Å². The van der Waals surface area contributed by atoms with Gasteiger partial charge in [-0.1, -0.05) is 0 Å². The van der Waals surface area contributed by atoms with E-state index in [1.165, 1.54) is 37.4 Å². The molecule has 6 nitrogen and oxygen atoms in total. The van der Waals surface area contributed by atoms with E-state index in [0.717, 1.165) is 5.56 Å². The summed E-state index contributed by atoms with van der Waals surface area (Å²) in [7, 11) is 1.27. The number of nitrogens with one attached hydrogen (secondary N) is 1. The van der Waals surface area contributed by atoms with Gasteiger partial charge >= 0.3 is 5.97 Å². The zero-order chi connectivity index (χ0) is 17.3. The Morgan fingerprint density at radius 2 is 1.50 bits per heavy atom. The molecule has 0 radical (unpaired) electrons. The van der Waals surface area contributed by atoms with Crippen LogP contribution in [0, 0.1) is 0 Å². The fourth-order valence-electron chi connectivity index (χ4n) is 2.49. The fraction of sp³-hybridized carbons (Fsp3) is 0.0556. The van der Waals surface area contributed by atoms with Gasteiger partial charge in [0.25, 0.3) is 0 Å². The lowest BCUT2D eigenvalue weighted by Crippen LogP contribution is -2.03. The van der Waals surface area contributed by atoms with Crippen LogP contribution in [0.2, 0.25) is 0 Å². The Labute approximate surface area is 137 Å². The van der Waals surface area contributed by atoms with Crippen molar-refractivity contribution < 1.29 is 24.9 Å². The molecule has 0 saturated heterocycles. The SMILES string of the molecule is COC(=O)c1[nH]c(-c2ccc(O)cc2)cc1-c1cc(O)cc(O)c1. The number of hydrogen-bond donors (Lipinski definition) is 4. The quantitative estimate of drug-likeness (QED) is 0.554. The first-order chi connectivity index (χ1) is 11.5. The maximum atomic E-state index is 12.1. The fourth-order valence-corrected chi connectivity index (χ4v) is 2.49. The van der Waals surface area contributed by atoms with Gasteiger partial charge in [0.05, 0.1) is 7.11 Å². The molecule has 3 aromatic rings. The Hall–Kier alpha value is -3.41. The van der Waals surface area contributed by atoms with Crippen molar-refractivity contribution in [2.45, 2.75) is 0 Å². The molecular formula is C18H15NO5. The highest BCUT2D eigenvalue weighted by Crippen LogP contribution is 2.34. The summed E-state index contributed by atoms with van der Waals surface area (Å²) in [6.07, 6.45) is 0. The summed E-state index contributed by atoms with van der Waals surface area (Å²) in [5, 5.41) is 28.8. The van der Waals surface area contributed by atoms with Gasteiger partial charge in [-0.25, -0.2) is 4.79 Å². The average Bonchev–Trinajstić information content (AvgIpc) is 2.99. The number of benzene rings is 2. The van der Waals surface area contributed by atoms with Crippen molar-refractivity contribution in [3.05, 3.63) is 54.2 Å². The molecule has 6 heteroatoms.